The van der Waals surface area contributed by atoms with Crippen molar-refractivity contribution in [2.45, 2.75) is 6.92 Å². The van der Waals surface area contributed by atoms with Gasteiger partial charge in [-0.15, -0.1) is 0 Å². The molecule has 0 radical (unpaired) electrons. The Morgan fingerprint density at radius 2 is 1.87 bits per heavy atom. The van der Waals surface area contributed by atoms with Gasteiger partial charge in [-0.3, -0.25) is 4.98 Å². The van der Waals surface area contributed by atoms with E-state index in [1.165, 1.54) is 0 Å². The van der Waals surface area contributed by atoms with E-state index >= 15 is 0 Å². The number of aryl methyl sites for hydroxylation is 1. The highest BCUT2D eigenvalue weighted by Gasteiger charge is 2.09. The van der Waals surface area contributed by atoms with Crippen LogP contribution in [0.5, 0.6) is 0 Å². The number of benzene rings is 1. The zero-order valence-electron chi connectivity index (χ0n) is 8.44. The van der Waals surface area contributed by atoms with Crippen molar-refractivity contribution in [2.75, 3.05) is 12.4 Å². The van der Waals surface area contributed by atoms with Gasteiger partial charge in [0.2, 0.25) is 0 Å². The second kappa shape index (κ2) is 4.10. The molecule has 0 unspecified atom stereocenters. The molecule has 1 aromatic carbocycles. The van der Waals surface area contributed by atoms with Crippen LogP contribution in [0, 0.1) is 6.92 Å². The van der Waals surface area contributed by atoms with E-state index in [9.17, 15) is 0 Å². The van der Waals surface area contributed by atoms with E-state index in [0.29, 0.717) is 0 Å². The Morgan fingerprint density at radius 3 is 2.53 bits per heavy atom. The summed E-state index contributed by atoms with van der Waals surface area (Å²) in [5.41, 5.74) is 3.07. The summed E-state index contributed by atoms with van der Waals surface area (Å²) in [6, 6.07) is 6.06. The van der Waals surface area contributed by atoms with Gasteiger partial charge in [0.05, 0.1) is 5.52 Å². The number of hydrogen-bond donors (Lipinski definition) is 1. The summed E-state index contributed by atoms with van der Waals surface area (Å²) < 4.78 is 2.07. The molecule has 4 heteroatoms. The molecule has 0 amide bonds. The predicted molar refractivity (Wildman–Crippen MR) is 71.4 cm³/mol. The summed E-state index contributed by atoms with van der Waals surface area (Å²) >= 11 is 7.06. The zero-order valence-corrected chi connectivity index (χ0v) is 11.6. The van der Waals surface area contributed by atoms with Crippen molar-refractivity contribution in [3.8, 4) is 0 Å². The van der Waals surface area contributed by atoms with Crippen molar-refractivity contribution in [2.24, 2.45) is 0 Å². The molecule has 1 N–H and O–H groups in total. The number of halogens is 2. The maximum absolute atomic E-state index is 4.53. The maximum atomic E-state index is 4.53. The molecule has 1 aromatic heterocycles. The highest BCUT2D eigenvalue weighted by molar-refractivity contribution is 9.11. The minimum atomic E-state index is 0.980. The van der Waals surface area contributed by atoms with E-state index in [2.05, 4.69) is 42.2 Å². The Balaban J connectivity index is 2.95. The van der Waals surface area contributed by atoms with Crippen molar-refractivity contribution in [3.63, 3.8) is 0 Å². The summed E-state index contributed by atoms with van der Waals surface area (Å²) in [4.78, 5) is 4.53. The summed E-state index contributed by atoms with van der Waals surface area (Å²) in [5, 5.41) is 4.30. The van der Waals surface area contributed by atoms with Crippen LogP contribution >= 0.6 is 31.9 Å². The summed E-state index contributed by atoms with van der Waals surface area (Å²) in [6.07, 6.45) is 0. The minimum absolute atomic E-state index is 0.980. The van der Waals surface area contributed by atoms with Crippen molar-refractivity contribution in [1.29, 1.82) is 0 Å². The van der Waals surface area contributed by atoms with Gasteiger partial charge in [-0.2, -0.15) is 0 Å². The first-order valence-corrected chi connectivity index (χ1v) is 6.15. The van der Waals surface area contributed by atoms with Crippen LogP contribution in [0.3, 0.4) is 0 Å². The quantitative estimate of drug-likeness (QED) is 0.851. The normalized spacial score (nSPS) is 10.7. The van der Waals surface area contributed by atoms with Crippen LogP contribution in [0.2, 0.25) is 0 Å². The van der Waals surface area contributed by atoms with Crippen LogP contribution in [0.1, 0.15) is 5.69 Å². The molecule has 0 aliphatic rings. The lowest BCUT2D eigenvalue weighted by atomic mass is 10.1. The molecule has 0 spiro atoms. The fourth-order valence-corrected chi connectivity index (χ4v) is 2.55. The number of fused-ring (bicyclic) bond motifs is 1. The average molecular weight is 330 g/mol. The summed E-state index contributed by atoms with van der Waals surface area (Å²) in [7, 11) is 1.92. The first-order chi connectivity index (χ1) is 7.13. The van der Waals surface area contributed by atoms with Gasteiger partial charge in [-0.1, -0.05) is 15.9 Å². The first kappa shape index (κ1) is 10.9. The molecule has 0 saturated carbocycles. The Labute approximate surface area is 105 Å². The molecule has 0 aliphatic carbocycles. The maximum Gasteiger partial charge on any atom is 0.0879 e. The van der Waals surface area contributed by atoms with E-state index in [-0.39, 0.29) is 0 Å². The van der Waals surface area contributed by atoms with Crippen molar-refractivity contribution in [1.82, 2.24) is 4.98 Å². The zero-order chi connectivity index (χ0) is 11.0. The molecule has 0 bridgehead atoms. The van der Waals surface area contributed by atoms with Gasteiger partial charge < -0.3 is 5.32 Å². The van der Waals surface area contributed by atoms with Gasteiger partial charge in [0.15, 0.2) is 0 Å². The van der Waals surface area contributed by atoms with E-state index in [0.717, 1.165) is 31.2 Å². The molecule has 2 aromatic rings. The molecule has 78 valence electrons. The van der Waals surface area contributed by atoms with Crippen LogP contribution in [-0.2, 0) is 0 Å². The van der Waals surface area contributed by atoms with Crippen molar-refractivity contribution in [3.05, 3.63) is 32.8 Å². The monoisotopic (exact) mass is 328 g/mol. The lowest BCUT2D eigenvalue weighted by Gasteiger charge is -2.10. The number of anilines is 1. The number of rotatable bonds is 1. The largest absolute Gasteiger partial charge is 0.387 e. The summed E-state index contributed by atoms with van der Waals surface area (Å²) in [5.74, 6) is 0. The number of hydrogen-bond acceptors (Lipinski definition) is 2. The second-order valence-corrected chi connectivity index (χ2v) is 5.02. The van der Waals surface area contributed by atoms with E-state index in [1.54, 1.807) is 0 Å². The fourth-order valence-electron chi connectivity index (χ4n) is 1.59. The molecule has 15 heavy (non-hydrogen) atoms. The molecule has 2 rings (SSSR count). The van der Waals surface area contributed by atoms with Crippen molar-refractivity contribution < 1.29 is 0 Å². The van der Waals surface area contributed by atoms with Gasteiger partial charge in [0.25, 0.3) is 0 Å². The Bertz CT molecular complexity index is 523. The Morgan fingerprint density at radius 1 is 1.20 bits per heavy atom. The van der Waals surface area contributed by atoms with Crippen molar-refractivity contribution >= 4 is 48.5 Å². The Hall–Kier alpha value is -0.610. The smallest absolute Gasteiger partial charge is 0.0879 e. The molecular formula is C11H10Br2N2. The van der Waals surface area contributed by atoms with Gasteiger partial charge in [0.1, 0.15) is 0 Å². The Kier molecular flexibility index (Phi) is 2.98. The van der Waals surface area contributed by atoms with Crippen LogP contribution in [-0.4, -0.2) is 12.0 Å². The lowest BCUT2D eigenvalue weighted by molar-refractivity contribution is 1.24. The third kappa shape index (κ3) is 1.88. The van der Waals surface area contributed by atoms with Gasteiger partial charge in [-0.05, 0) is 41.1 Å². The van der Waals surface area contributed by atoms with E-state index < -0.39 is 0 Å². The lowest BCUT2D eigenvalue weighted by Crippen LogP contribution is -1.94. The van der Waals surface area contributed by atoms with Gasteiger partial charge in [0, 0.05) is 32.8 Å². The van der Waals surface area contributed by atoms with Crippen LogP contribution in [0.15, 0.2) is 27.1 Å². The second-order valence-electron chi connectivity index (χ2n) is 3.31. The molecule has 0 atom stereocenters. The topological polar surface area (TPSA) is 24.9 Å². The molecular weight excluding hydrogens is 320 g/mol. The highest BCUT2D eigenvalue weighted by Crippen LogP contribution is 2.34. The minimum Gasteiger partial charge on any atom is -0.387 e. The molecule has 0 aliphatic heterocycles. The van der Waals surface area contributed by atoms with E-state index in [4.69, 9.17) is 0 Å². The highest BCUT2D eigenvalue weighted by atomic mass is 79.9. The number of pyridine rings is 1. The number of nitrogens with zero attached hydrogens (tertiary/aromatic N) is 1. The number of nitrogens with one attached hydrogen (secondary N) is 1. The molecule has 1 heterocycles. The van der Waals surface area contributed by atoms with Gasteiger partial charge >= 0.3 is 0 Å². The van der Waals surface area contributed by atoms with Crippen LogP contribution < -0.4 is 5.32 Å². The molecule has 0 saturated heterocycles. The predicted octanol–water partition coefficient (Wildman–Crippen LogP) is 4.11. The van der Waals surface area contributed by atoms with Crippen LogP contribution in [0.25, 0.3) is 10.9 Å². The third-order valence-corrected chi connectivity index (χ3v) is 3.56. The molecule has 2 nitrogen and oxygen atoms in total. The fraction of sp³-hybridized carbons (Fsp3) is 0.182. The average Bonchev–Trinajstić information content (AvgIpc) is 2.22. The third-order valence-electron chi connectivity index (χ3n) is 2.26. The standard InChI is InChI=1S/C11H10Br2N2/c1-6-5-9(14-2)10-7(12)3-4-8(13)11(10)15-6/h3-5H,1-2H3,(H,14,15). The first-order valence-electron chi connectivity index (χ1n) is 4.56. The summed E-state index contributed by atoms with van der Waals surface area (Å²) in [6.45, 7) is 1.99. The van der Waals surface area contributed by atoms with Gasteiger partial charge in [-0.25, -0.2) is 0 Å². The molecule has 0 fully saturated rings. The number of aromatic nitrogens is 1. The SMILES string of the molecule is CNc1cc(C)nc2c(Br)ccc(Br)c12. The van der Waals surface area contributed by atoms with E-state index in [1.807, 2.05) is 32.2 Å². The van der Waals surface area contributed by atoms with Crippen LogP contribution in [0.4, 0.5) is 5.69 Å².